The van der Waals surface area contributed by atoms with Gasteiger partial charge in [0.1, 0.15) is 0 Å². The lowest BCUT2D eigenvalue weighted by atomic mass is 10.2. The Kier molecular flexibility index (Phi) is 3.36. The third-order valence-corrected chi connectivity index (χ3v) is 4.65. The average molecular weight is 272 g/mol. The van der Waals surface area contributed by atoms with E-state index in [0.717, 1.165) is 29.0 Å². The fourth-order valence-corrected chi connectivity index (χ4v) is 3.51. The molecule has 3 N–H and O–H groups in total. The Balaban J connectivity index is 1.72. The fraction of sp³-hybridized carbons (Fsp3) is 0.267. The number of fused-ring (bicyclic) bond motifs is 1. The van der Waals surface area contributed by atoms with Crippen LogP contribution in [-0.2, 0) is 19.4 Å². The number of anilines is 1. The van der Waals surface area contributed by atoms with Crippen LogP contribution in [0.5, 0.6) is 0 Å². The van der Waals surface area contributed by atoms with Gasteiger partial charge in [-0.15, -0.1) is 11.3 Å². The van der Waals surface area contributed by atoms with Gasteiger partial charge in [0.15, 0.2) is 0 Å². The summed E-state index contributed by atoms with van der Waals surface area (Å²) < 4.78 is 0. The van der Waals surface area contributed by atoms with Crippen LogP contribution < -0.4 is 11.1 Å². The molecule has 1 aromatic carbocycles. The van der Waals surface area contributed by atoms with Crippen LogP contribution in [0.4, 0.5) is 5.69 Å². The number of nitrogens with two attached hydrogens (primary N) is 1. The van der Waals surface area contributed by atoms with E-state index in [9.17, 15) is 4.79 Å². The van der Waals surface area contributed by atoms with Crippen molar-refractivity contribution >= 4 is 22.9 Å². The molecule has 19 heavy (non-hydrogen) atoms. The van der Waals surface area contributed by atoms with Crippen LogP contribution in [0.1, 0.15) is 32.1 Å². The van der Waals surface area contributed by atoms with Crippen molar-refractivity contribution in [3.05, 3.63) is 51.2 Å². The van der Waals surface area contributed by atoms with E-state index in [1.165, 1.54) is 16.9 Å². The highest BCUT2D eigenvalue weighted by atomic mass is 32.1. The van der Waals surface area contributed by atoms with E-state index in [-0.39, 0.29) is 5.91 Å². The standard InChI is InChI=1S/C15H16N2OS/c16-9-10-4-6-12(7-5-10)17-15(18)14-8-11-2-1-3-13(11)19-14/h4-8H,1-3,9,16H2,(H,17,18). The molecule has 0 atom stereocenters. The van der Waals surface area contributed by atoms with E-state index in [4.69, 9.17) is 5.73 Å². The normalized spacial score (nSPS) is 13.3. The van der Waals surface area contributed by atoms with Crippen molar-refractivity contribution in [1.29, 1.82) is 0 Å². The maximum atomic E-state index is 12.1. The Morgan fingerprint density at radius 3 is 2.74 bits per heavy atom. The molecule has 0 fully saturated rings. The van der Waals surface area contributed by atoms with Crippen LogP contribution in [0.15, 0.2) is 30.3 Å². The maximum Gasteiger partial charge on any atom is 0.265 e. The molecule has 0 aliphatic heterocycles. The summed E-state index contributed by atoms with van der Waals surface area (Å²) >= 11 is 1.62. The van der Waals surface area contributed by atoms with Gasteiger partial charge in [-0.05, 0) is 48.6 Å². The first-order valence-corrected chi connectivity index (χ1v) is 7.30. The number of benzene rings is 1. The highest BCUT2D eigenvalue weighted by molar-refractivity contribution is 7.14. The van der Waals surface area contributed by atoms with Crippen LogP contribution in [0.2, 0.25) is 0 Å². The van der Waals surface area contributed by atoms with Gasteiger partial charge < -0.3 is 11.1 Å². The van der Waals surface area contributed by atoms with Gasteiger partial charge in [0.2, 0.25) is 0 Å². The third-order valence-electron chi connectivity index (χ3n) is 3.42. The van der Waals surface area contributed by atoms with E-state index < -0.39 is 0 Å². The van der Waals surface area contributed by atoms with Crippen LogP contribution in [0.3, 0.4) is 0 Å². The number of rotatable bonds is 3. The Bertz CT molecular complexity index is 580. The van der Waals surface area contributed by atoms with Crippen molar-refractivity contribution in [3.63, 3.8) is 0 Å². The lowest BCUT2D eigenvalue weighted by Gasteiger charge is -2.04. The molecule has 1 amide bonds. The van der Waals surface area contributed by atoms with Gasteiger partial charge >= 0.3 is 0 Å². The minimum atomic E-state index is -0.0140. The topological polar surface area (TPSA) is 55.1 Å². The molecule has 1 aliphatic carbocycles. The van der Waals surface area contributed by atoms with E-state index in [1.807, 2.05) is 30.3 Å². The number of hydrogen-bond donors (Lipinski definition) is 2. The van der Waals surface area contributed by atoms with Crippen molar-refractivity contribution in [2.75, 3.05) is 5.32 Å². The first-order valence-electron chi connectivity index (χ1n) is 6.48. The van der Waals surface area contributed by atoms with Crippen molar-refractivity contribution < 1.29 is 4.79 Å². The molecule has 2 aromatic rings. The van der Waals surface area contributed by atoms with Gasteiger partial charge in [0.05, 0.1) is 4.88 Å². The lowest BCUT2D eigenvalue weighted by molar-refractivity contribution is 0.103. The van der Waals surface area contributed by atoms with Crippen LogP contribution in [-0.4, -0.2) is 5.91 Å². The van der Waals surface area contributed by atoms with E-state index >= 15 is 0 Å². The van der Waals surface area contributed by atoms with Crippen LogP contribution in [0.25, 0.3) is 0 Å². The van der Waals surface area contributed by atoms with Gasteiger partial charge in [-0.2, -0.15) is 0 Å². The molecular weight excluding hydrogens is 256 g/mol. The Labute approximate surface area is 116 Å². The first-order chi connectivity index (χ1) is 9.26. The highest BCUT2D eigenvalue weighted by Gasteiger charge is 2.18. The smallest absolute Gasteiger partial charge is 0.265 e. The molecule has 4 heteroatoms. The number of thiophene rings is 1. The molecule has 0 unspecified atom stereocenters. The minimum absolute atomic E-state index is 0.0140. The van der Waals surface area contributed by atoms with Crippen molar-refractivity contribution in [1.82, 2.24) is 0 Å². The van der Waals surface area contributed by atoms with Crippen LogP contribution in [0, 0.1) is 0 Å². The molecular formula is C15H16N2OS. The quantitative estimate of drug-likeness (QED) is 0.902. The molecule has 0 saturated carbocycles. The molecule has 98 valence electrons. The summed E-state index contributed by atoms with van der Waals surface area (Å²) in [6.45, 7) is 0.520. The van der Waals surface area contributed by atoms with Crippen molar-refractivity contribution in [2.24, 2.45) is 5.73 Å². The molecule has 3 nitrogen and oxygen atoms in total. The minimum Gasteiger partial charge on any atom is -0.326 e. The predicted molar refractivity (Wildman–Crippen MR) is 78.6 cm³/mol. The lowest BCUT2D eigenvalue weighted by Crippen LogP contribution is -2.10. The second-order valence-corrected chi connectivity index (χ2v) is 5.90. The molecule has 0 radical (unpaired) electrons. The van der Waals surface area contributed by atoms with E-state index in [1.54, 1.807) is 11.3 Å². The SMILES string of the molecule is NCc1ccc(NC(=O)c2cc3c(s2)CCC3)cc1. The molecule has 3 rings (SSSR count). The Morgan fingerprint density at radius 2 is 2.05 bits per heavy atom. The largest absolute Gasteiger partial charge is 0.326 e. The number of carbonyl (C=O) groups is 1. The zero-order chi connectivity index (χ0) is 13.2. The van der Waals surface area contributed by atoms with Gasteiger partial charge in [0.25, 0.3) is 5.91 Å². The Hall–Kier alpha value is -1.65. The van der Waals surface area contributed by atoms with Crippen molar-refractivity contribution in [3.8, 4) is 0 Å². The molecule has 0 saturated heterocycles. The fourth-order valence-electron chi connectivity index (χ4n) is 2.36. The summed E-state index contributed by atoms with van der Waals surface area (Å²) in [5.74, 6) is -0.0140. The van der Waals surface area contributed by atoms with Gasteiger partial charge in [-0.1, -0.05) is 12.1 Å². The summed E-state index contributed by atoms with van der Waals surface area (Å²) in [5.41, 5.74) is 8.78. The Morgan fingerprint density at radius 1 is 1.26 bits per heavy atom. The summed E-state index contributed by atoms with van der Waals surface area (Å²) in [7, 11) is 0. The molecule has 0 spiro atoms. The second kappa shape index (κ2) is 5.15. The second-order valence-electron chi connectivity index (χ2n) is 4.77. The molecule has 1 aliphatic rings. The molecule has 1 heterocycles. The zero-order valence-corrected chi connectivity index (χ0v) is 11.4. The summed E-state index contributed by atoms with van der Waals surface area (Å²) in [6.07, 6.45) is 3.46. The summed E-state index contributed by atoms with van der Waals surface area (Å²) in [6, 6.07) is 9.69. The zero-order valence-electron chi connectivity index (χ0n) is 10.6. The number of amides is 1. The van der Waals surface area contributed by atoms with Gasteiger partial charge in [-0.25, -0.2) is 0 Å². The number of nitrogens with one attached hydrogen (secondary N) is 1. The van der Waals surface area contributed by atoms with Crippen molar-refractivity contribution in [2.45, 2.75) is 25.8 Å². The number of hydrogen-bond acceptors (Lipinski definition) is 3. The average Bonchev–Trinajstić information content (AvgIpc) is 3.00. The number of carbonyl (C=O) groups excluding carboxylic acids is 1. The summed E-state index contributed by atoms with van der Waals surface area (Å²) in [4.78, 5) is 14.3. The molecule has 1 aromatic heterocycles. The van der Waals surface area contributed by atoms with E-state index in [0.29, 0.717) is 6.54 Å². The maximum absolute atomic E-state index is 12.1. The van der Waals surface area contributed by atoms with E-state index in [2.05, 4.69) is 5.32 Å². The van der Waals surface area contributed by atoms with Crippen LogP contribution >= 0.6 is 11.3 Å². The predicted octanol–water partition coefficient (Wildman–Crippen LogP) is 2.95. The number of aryl methyl sites for hydroxylation is 2. The third kappa shape index (κ3) is 2.55. The highest BCUT2D eigenvalue weighted by Crippen LogP contribution is 2.30. The monoisotopic (exact) mass is 272 g/mol. The first kappa shape index (κ1) is 12.4. The molecule has 0 bridgehead atoms. The van der Waals surface area contributed by atoms with Gasteiger partial charge in [-0.3, -0.25) is 4.79 Å². The summed E-state index contributed by atoms with van der Waals surface area (Å²) in [5, 5.41) is 2.93. The van der Waals surface area contributed by atoms with Gasteiger partial charge in [0, 0.05) is 17.1 Å².